The molecule has 2 aromatic rings. The van der Waals surface area contributed by atoms with Crippen LogP contribution in [0.1, 0.15) is 76.3 Å². The van der Waals surface area contributed by atoms with E-state index >= 15 is 0 Å². The van der Waals surface area contributed by atoms with Gasteiger partial charge in [0.15, 0.2) is 0 Å². The molecule has 2 N–H and O–H groups in total. The van der Waals surface area contributed by atoms with Crippen LogP contribution in [0.25, 0.3) is 0 Å². The number of rotatable bonds is 9. The third-order valence-corrected chi connectivity index (χ3v) is 8.56. The van der Waals surface area contributed by atoms with Crippen molar-refractivity contribution < 1.29 is 14.4 Å². The summed E-state index contributed by atoms with van der Waals surface area (Å²) in [5, 5.41) is 5.87. The highest BCUT2D eigenvalue weighted by atomic mass is 16.2. The second-order valence-electron chi connectivity index (χ2n) is 11.0. The molecule has 4 rings (SSSR count). The molecule has 6 heteroatoms. The lowest BCUT2D eigenvalue weighted by Crippen LogP contribution is -2.51. The zero-order chi connectivity index (χ0) is 25.8. The molecule has 4 amide bonds. The summed E-state index contributed by atoms with van der Waals surface area (Å²) in [4.78, 5) is 39.8. The van der Waals surface area contributed by atoms with E-state index in [1.165, 1.54) is 11.1 Å². The minimum absolute atomic E-state index is 0.148. The van der Waals surface area contributed by atoms with Gasteiger partial charge in [-0.25, -0.2) is 4.79 Å². The summed E-state index contributed by atoms with van der Waals surface area (Å²) in [6, 6.07) is 20.0. The monoisotopic (exact) mass is 489 g/mol. The van der Waals surface area contributed by atoms with E-state index in [2.05, 4.69) is 55.7 Å². The van der Waals surface area contributed by atoms with Crippen molar-refractivity contribution in [3.63, 3.8) is 0 Å². The van der Waals surface area contributed by atoms with Crippen LogP contribution in [0, 0.1) is 11.3 Å². The topological polar surface area (TPSA) is 78.5 Å². The summed E-state index contributed by atoms with van der Waals surface area (Å²) in [5.41, 5.74) is 1.76. The molecule has 192 valence electrons. The first-order valence-corrected chi connectivity index (χ1v) is 13.3. The molecule has 0 atom stereocenters. The predicted molar refractivity (Wildman–Crippen MR) is 141 cm³/mol. The van der Waals surface area contributed by atoms with Gasteiger partial charge in [-0.15, -0.1) is 0 Å². The van der Waals surface area contributed by atoms with Crippen molar-refractivity contribution in [1.29, 1.82) is 0 Å². The first-order valence-electron chi connectivity index (χ1n) is 13.3. The van der Waals surface area contributed by atoms with Crippen LogP contribution < -0.4 is 10.6 Å². The highest BCUT2D eigenvalue weighted by Gasteiger charge is 2.53. The van der Waals surface area contributed by atoms with Crippen LogP contribution in [0.4, 0.5) is 4.79 Å². The van der Waals surface area contributed by atoms with E-state index in [-0.39, 0.29) is 29.7 Å². The second-order valence-corrected chi connectivity index (χ2v) is 11.0. The molecule has 36 heavy (non-hydrogen) atoms. The van der Waals surface area contributed by atoms with Crippen LogP contribution >= 0.6 is 0 Å². The van der Waals surface area contributed by atoms with Gasteiger partial charge >= 0.3 is 6.03 Å². The molecular formula is C30H39N3O3. The van der Waals surface area contributed by atoms with E-state index < -0.39 is 11.6 Å². The Kier molecular flexibility index (Phi) is 7.82. The third kappa shape index (κ3) is 5.48. The van der Waals surface area contributed by atoms with Crippen LogP contribution in [0.2, 0.25) is 0 Å². The minimum Gasteiger partial charge on any atom is -0.355 e. The Morgan fingerprint density at radius 3 is 2.11 bits per heavy atom. The van der Waals surface area contributed by atoms with Gasteiger partial charge in [-0.2, -0.15) is 0 Å². The summed E-state index contributed by atoms with van der Waals surface area (Å²) in [5.74, 6) is 0.130. The normalized spacial score (nSPS) is 22.2. The van der Waals surface area contributed by atoms with Crippen molar-refractivity contribution in [3.8, 4) is 0 Å². The largest absolute Gasteiger partial charge is 0.355 e. The van der Waals surface area contributed by atoms with E-state index in [0.29, 0.717) is 25.3 Å². The fourth-order valence-corrected chi connectivity index (χ4v) is 5.79. The number of nitrogens with zero attached hydrogens (tertiary/aromatic N) is 1. The average molecular weight is 490 g/mol. The lowest BCUT2D eigenvalue weighted by Gasteiger charge is -2.42. The Bertz CT molecular complexity index is 1020. The van der Waals surface area contributed by atoms with Gasteiger partial charge in [0.25, 0.3) is 5.91 Å². The molecule has 2 fully saturated rings. The fourth-order valence-electron chi connectivity index (χ4n) is 5.79. The first-order chi connectivity index (χ1) is 17.3. The molecule has 2 aromatic carbocycles. The number of benzene rings is 2. The molecule has 1 heterocycles. The number of urea groups is 1. The average Bonchev–Trinajstić information content (AvgIpc) is 3.11. The van der Waals surface area contributed by atoms with Gasteiger partial charge in [-0.1, -0.05) is 87.9 Å². The molecule has 1 saturated heterocycles. The van der Waals surface area contributed by atoms with E-state index in [1.807, 2.05) is 36.4 Å². The Morgan fingerprint density at radius 2 is 1.58 bits per heavy atom. The number of hydrogen-bond donors (Lipinski definition) is 2. The molecule has 6 nitrogen and oxygen atoms in total. The number of nitrogens with one attached hydrogen (secondary N) is 2. The molecule has 0 aromatic heterocycles. The van der Waals surface area contributed by atoms with Gasteiger partial charge in [0.2, 0.25) is 5.91 Å². The number of amides is 4. The van der Waals surface area contributed by atoms with Gasteiger partial charge in [-0.3, -0.25) is 14.5 Å². The van der Waals surface area contributed by atoms with Crippen LogP contribution in [0.15, 0.2) is 60.7 Å². The molecule has 0 bridgehead atoms. The van der Waals surface area contributed by atoms with Gasteiger partial charge < -0.3 is 10.6 Å². The fraction of sp³-hybridized carbons (Fsp3) is 0.500. The number of hydrogen-bond acceptors (Lipinski definition) is 3. The van der Waals surface area contributed by atoms with Gasteiger partial charge in [-0.05, 0) is 54.6 Å². The molecule has 1 saturated carbocycles. The van der Waals surface area contributed by atoms with Crippen molar-refractivity contribution >= 4 is 17.8 Å². The summed E-state index contributed by atoms with van der Waals surface area (Å²) >= 11 is 0. The zero-order valence-electron chi connectivity index (χ0n) is 21.8. The molecule has 0 unspecified atom stereocenters. The van der Waals surface area contributed by atoms with Gasteiger partial charge in [0.1, 0.15) is 12.1 Å². The Hall–Kier alpha value is -3.15. The molecule has 0 radical (unpaired) electrons. The van der Waals surface area contributed by atoms with E-state index in [4.69, 9.17) is 0 Å². The molecular weight excluding hydrogens is 450 g/mol. The number of imide groups is 1. The second kappa shape index (κ2) is 10.9. The van der Waals surface area contributed by atoms with Crippen molar-refractivity contribution in [3.05, 3.63) is 71.8 Å². The van der Waals surface area contributed by atoms with Crippen LogP contribution in [0.5, 0.6) is 0 Å². The van der Waals surface area contributed by atoms with Gasteiger partial charge in [0.05, 0.1) is 0 Å². The summed E-state index contributed by atoms with van der Waals surface area (Å²) in [6.45, 7) is 6.98. The van der Waals surface area contributed by atoms with Crippen molar-refractivity contribution in [2.45, 2.75) is 70.8 Å². The maximum Gasteiger partial charge on any atom is 0.325 e. The number of carbonyl (C=O) groups is 3. The predicted octanol–water partition coefficient (Wildman–Crippen LogP) is 5.24. The van der Waals surface area contributed by atoms with Crippen LogP contribution in [-0.4, -0.2) is 41.4 Å². The Labute approximate surface area is 214 Å². The summed E-state index contributed by atoms with van der Waals surface area (Å²) in [7, 11) is 0. The zero-order valence-corrected chi connectivity index (χ0v) is 21.8. The van der Waals surface area contributed by atoms with Crippen LogP contribution in [-0.2, 0) is 9.59 Å². The molecule has 1 aliphatic heterocycles. The Balaban J connectivity index is 1.33. The quantitative estimate of drug-likeness (QED) is 0.473. The van der Waals surface area contributed by atoms with Crippen molar-refractivity contribution in [2.24, 2.45) is 11.3 Å². The van der Waals surface area contributed by atoms with E-state index in [0.717, 1.165) is 30.6 Å². The number of carbonyl (C=O) groups excluding carboxylic acids is 3. The smallest absolute Gasteiger partial charge is 0.325 e. The van der Waals surface area contributed by atoms with Gasteiger partial charge in [0, 0.05) is 12.5 Å². The van der Waals surface area contributed by atoms with Crippen molar-refractivity contribution in [1.82, 2.24) is 15.5 Å². The maximum atomic E-state index is 13.3. The first kappa shape index (κ1) is 25.9. The summed E-state index contributed by atoms with van der Waals surface area (Å²) < 4.78 is 0. The Morgan fingerprint density at radius 1 is 1.03 bits per heavy atom. The highest BCUT2D eigenvalue weighted by molar-refractivity contribution is 6.09. The minimum atomic E-state index is -0.844. The third-order valence-electron chi connectivity index (χ3n) is 8.56. The standard InChI is InChI=1S/C30H39N3O3/c1-4-29(2,3)24-15-18-30(19-16-24)27(35)33(28(36)32-30)21-26(34)31-20-17-25(22-11-7-5-8-12-22)23-13-9-6-10-14-23/h5-14,24-25H,4,15-21H2,1-3H3,(H,31,34)(H,32,36). The molecule has 2 aliphatic rings. The molecule has 1 aliphatic carbocycles. The lowest BCUT2D eigenvalue weighted by molar-refractivity contribution is -0.136. The van der Waals surface area contributed by atoms with Crippen molar-refractivity contribution in [2.75, 3.05) is 13.1 Å². The van der Waals surface area contributed by atoms with E-state index in [1.54, 1.807) is 0 Å². The summed E-state index contributed by atoms with van der Waals surface area (Å²) in [6.07, 6.45) is 4.91. The molecule has 1 spiro atoms. The SMILES string of the molecule is CCC(C)(C)C1CCC2(CC1)NC(=O)N(CC(=O)NCCC(c1ccccc1)c1ccccc1)C2=O. The van der Waals surface area contributed by atoms with E-state index in [9.17, 15) is 14.4 Å². The maximum absolute atomic E-state index is 13.3. The van der Waals surface area contributed by atoms with Crippen LogP contribution in [0.3, 0.4) is 0 Å². The lowest BCUT2D eigenvalue weighted by atomic mass is 9.65. The highest BCUT2D eigenvalue weighted by Crippen LogP contribution is 2.45.